The first-order valence-electron chi connectivity index (χ1n) is 4.59. The maximum absolute atomic E-state index is 11.3. The zero-order chi connectivity index (χ0) is 11.0. The summed E-state index contributed by atoms with van der Waals surface area (Å²) in [4.78, 5) is 0. The van der Waals surface area contributed by atoms with E-state index >= 15 is 0 Å². The summed E-state index contributed by atoms with van der Waals surface area (Å²) in [5.41, 5.74) is 0. The average Bonchev–Trinajstić information content (AvgIpc) is 2.03. The molecule has 0 amide bonds. The second-order valence-electron chi connectivity index (χ2n) is 3.06. The molecule has 2 unspecified atom stereocenters. The van der Waals surface area contributed by atoms with Crippen LogP contribution < -0.4 is 0 Å². The highest BCUT2D eigenvalue weighted by atomic mass is 79.9. The third-order valence-corrected chi connectivity index (χ3v) is 3.73. The standard InChI is InChI=1S/C8H17Br2O3P/c1-7(3-5-9)12-14(11)13-8(2)4-6-10/h7-8,14H,3-6H2,1-2H3. The predicted octanol–water partition coefficient (Wildman–Crippen LogP) is 3.76. The quantitative estimate of drug-likeness (QED) is 0.493. The molecular weight excluding hydrogens is 335 g/mol. The molecule has 86 valence electrons. The van der Waals surface area contributed by atoms with Crippen molar-refractivity contribution in [2.75, 3.05) is 10.7 Å². The fourth-order valence-corrected chi connectivity index (χ4v) is 3.02. The third kappa shape index (κ3) is 8.42. The van der Waals surface area contributed by atoms with Crippen molar-refractivity contribution in [1.29, 1.82) is 0 Å². The molecule has 0 radical (unpaired) electrons. The van der Waals surface area contributed by atoms with Gasteiger partial charge in [0.05, 0.1) is 12.2 Å². The lowest BCUT2D eigenvalue weighted by molar-refractivity contribution is 0.142. The molecule has 0 fully saturated rings. The number of hydrogen-bond acceptors (Lipinski definition) is 3. The van der Waals surface area contributed by atoms with Crippen LogP contribution in [0.4, 0.5) is 0 Å². The minimum Gasteiger partial charge on any atom is -0.308 e. The second-order valence-corrected chi connectivity index (χ2v) is 5.62. The summed E-state index contributed by atoms with van der Waals surface area (Å²) in [5.74, 6) is 0. The van der Waals surface area contributed by atoms with Gasteiger partial charge in [0.25, 0.3) is 0 Å². The summed E-state index contributed by atoms with van der Waals surface area (Å²) in [5, 5.41) is 1.69. The van der Waals surface area contributed by atoms with Crippen molar-refractivity contribution in [2.45, 2.75) is 38.9 Å². The molecule has 0 saturated heterocycles. The number of alkyl halides is 2. The largest absolute Gasteiger partial charge is 0.319 e. The van der Waals surface area contributed by atoms with Crippen molar-refractivity contribution in [3.8, 4) is 0 Å². The number of halogens is 2. The van der Waals surface area contributed by atoms with Crippen molar-refractivity contribution in [1.82, 2.24) is 0 Å². The molecule has 0 rings (SSSR count). The van der Waals surface area contributed by atoms with Crippen molar-refractivity contribution >= 4 is 40.1 Å². The summed E-state index contributed by atoms with van der Waals surface area (Å²) in [6, 6.07) is 0. The molecule has 0 aliphatic rings. The van der Waals surface area contributed by atoms with Gasteiger partial charge in [0.1, 0.15) is 0 Å². The SMILES string of the molecule is CC(CCBr)O[PH](=O)OC(C)CCBr. The van der Waals surface area contributed by atoms with Gasteiger partial charge in [-0.05, 0) is 26.7 Å². The normalized spacial score (nSPS) is 17.7. The third-order valence-electron chi connectivity index (χ3n) is 1.63. The monoisotopic (exact) mass is 350 g/mol. The van der Waals surface area contributed by atoms with Crippen LogP contribution in [-0.4, -0.2) is 22.9 Å². The van der Waals surface area contributed by atoms with Gasteiger partial charge in [-0.15, -0.1) is 0 Å². The van der Waals surface area contributed by atoms with E-state index in [1.54, 1.807) is 0 Å². The van der Waals surface area contributed by atoms with Crippen LogP contribution in [0.15, 0.2) is 0 Å². The molecule has 0 aliphatic heterocycles. The van der Waals surface area contributed by atoms with Gasteiger partial charge in [-0.3, -0.25) is 4.57 Å². The molecule has 0 N–H and O–H groups in total. The molecule has 0 aromatic rings. The van der Waals surface area contributed by atoms with Crippen LogP contribution in [0.5, 0.6) is 0 Å². The molecule has 2 atom stereocenters. The molecule has 0 aliphatic carbocycles. The fraction of sp³-hybridized carbons (Fsp3) is 1.00. The van der Waals surface area contributed by atoms with E-state index in [-0.39, 0.29) is 12.2 Å². The van der Waals surface area contributed by atoms with Crippen molar-refractivity contribution in [3.63, 3.8) is 0 Å². The van der Waals surface area contributed by atoms with E-state index in [2.05, 4.69) is 31.9 Å². The molecule has 0 spiro atoms. The zero-order valence-corrected chi connectivity index (χ0v) is 12.6. The lowest BCUT2D eigenvalue weighted by Gasteiger charge is -2.14. The van der Waals surface area contributed by atoms with Crippen molar-refractivity contribution in [2.24, 2.45) is 0 Å². The van der Waals surface area contributed by atoms with Gasteiger partial charge in [-0.1, -0.05) is 31.9 Å². The van der Waals surface area contributed by atoms with Gasteiger partial charge in [0, 0.05) is 10.7 Å². The average molecular weight is 352 g/mol. The van der Waals surface area contributed by atoms with Gasteiger partial charge in [-0.25, -0.2) is 0 Å². The molecule has 0 saturated carbocycles. The Bertz CT molecular complexity index is 153. The summed E-state index contributed by atoms with van der Waals surface area (Å²) >= 11 is 6.60. The van der Waals surface area contributed by atoms with E-state index in [4.69, 9.17) is 9.05 Å². The lowest BCUT2D eigenvalue weighted by atomic mass is 10.3. The van der Waals surface area contributed by atoms with Crippen LogP contribution in [0, 0.1) is 0 Å². The Labute approximate surface area is 103 Å². The second kappa shape index (κ2) is 9.34. The molecule has 0 heterocycles. The topological polar surface area (TPSA) is 35.5 Å². The van der Waals surface area contributed by atoms with Gasteiger partial charge in [0.15, 0.2) is 0 Å². The fourth-order valence-electron chi connectivity index (χ4n) is 0.781. The minimum atomic E-state index is -2.32. The summed E-state index contributed by atoms with van der Waals surface area (Å²) < 4.78 is 21.7. The molecule has 0 aromatic carbocycles. The molecule has 0 aromatic heterocycles. The van der Waals surface area contributed by atoms with Crippen LogP contribution in [0.1, 0.15) is 26.7 Å². The van der Waals surface area contributed by atoms with Crippen molar-refractivity contribution in [3.05, 3.63) is 0 Å². The first-order valence-corrected chi connectivity index (χ1v) is 8.06. The Balaban J connectivity index is 3.63. The van der Waals surface area contributed by atoms with E-state index < -0.39 is 8.25 Å². The highest BCUT2D eigenvalue weighted by Gasteiger charge is 2.10. The lowest BCUT2D eigenvalue weighted by Crippen LogP contribution is -2.08. The van der Waals surface area contributed by atoms with Crippen LogP contribution in [-0.2, 0) is 13.6 Å². The van der Waals surface area contributed by atoms with E-state index in [1.165, 1.54) is 0 Å². The highest BCUT2D eigenvalue weighted by Crippen LogP contribution is 2.29. The van der Waals surface area contributed by atoms with Gasteiger partial charge in [-0.2, -0.15) is 0 Å². The number of hydrogen-bond donors (Lipinski definition) is 0. The van der Waals surface area contributed by atoms with Gasteiger partial charge in [0.2, 0.25) is 0 Å². The Morgan fingerprint density at radius 3 is 1.71 bits per heavy atom. The van der Waals surface area contributed by atoms with Gasteiger partial charge < -0.3 is 9.05 Å². The van der Waals surface area contributed by atoms with E-state index in [0.717, 1.165) is 23.5 Å². The predicted molar refractivity (Wildman–Crippen MR) is 66.9 cm³/mol. The maximum Gasteiger partial charge on any atom is 0.319 e. The highest BCUT2D eigenvalue weighted by molar-refractivity contribution is 9.09. The van der Waals surface area contributed by atoms with Crippen molar-refractivity contribution < 1.29 is 13.6 Å². The van der Waals surface area contributed by atoms with Crippen LogP contribution in [0.25, 0.3) is 0 Å². The first-order chi connectivity index (χ1) is 6.60. The zero-order valence-electron chi connectivity index (χ0n) is 8.46. The smallest absolute Gasteiger partial charge is 0.308 e. The summed E-state index contributed by atoms with van der Waals surface area (Å²) in [6.45, 7) is 3.78. The summed E-state index contributed by atoms with van der Waals surface area (Å²) in [6.07, 6.45) is 1.65. The van der Waals surface area contributed by atoms with Crippen LogP contribution >= 0.6 is 40.1 Å². The Morgan fingerprint density at radius 2 is 1.43 bits per heavy atom. The van der Waals surface area contributed by atoms with E-state index in [9.17, 15) is 4.57 Å². The van der Waals surface area contributed by atoms with E-state index in [0.29, 0.717) is 0 Å². The van der Waals surface area contributed by atoms with Crippen LogP contribution in [0.3, 0.4) is 0 Å². The number of rotatable bonds is 8. The summed E-state index contributed by atoms with van der Waals surface area (Å²) in [7, 11) is -2.32. The first kappa shape index (κ1) is 15.1. The molecule has 6 heteroatoms. The Morgan fingerprint density at radius 1 is 1.07 bits per heavy atom. The van der Waals surface area contributed by atoms with Gasteiger partial charge >= 0.3 is 8.25 Å². The minimum absolute atomic E-state index is 0.0167. The Hall–Kier alpha value is 1.11. The van der Waals surface area contributed by atoms with Crippen LogP contribution in [0.2, 0.25) is 0 Å². The molecular formula is C8H17Br2O3P. The van der Waals surface area contributed by atoms with E-state index in [1.807, 2.05) is 13.8 Å². The Kier molecular flexibility index (Phi) is 10.1. The maximum atomic E-state index is 11.3. The molecule has 14 heavy (non-hydrogen) atoms. The molecule has 0 bridgehead atoms. The molecule has 3 nitrogen and oxygen atoms in total.